The van der Waals surface area contributed by atoms with Gasteiger partial charge in [0, 0.05) is 0 Å². The average molecular weight is 192 g/mol. The fraction of sp³-hybridized carbons (Fsp3) is 0.333. The van der Waals surface area contributed by atoms with Crippen molar-refractivity contribution in [1.29, 1.82) is 5.26 Å². The van der Waals surface area contributed by atoms with Crippen molar-refractivity contribution in [3.05, 3.63) is 11.8 Å². The average Bonchev–Trinajstić information content (AvgIpc) is 2.19. The molecular weight excluding hydrogens is 180 g/mol. The summed E-state index contributed by atoms with van der Waals surface area (Å²) >= 11 is 0. The molecule has 1 N–H and O–H groups in total. The Balaban J connectivity index is 3.98. The molecule has 0 spiro atoms. The summed E-state index contributed by atoms with van der Waals surface area (Å²) in [6, 6.07) is 1.75. The van der Waals surface area contributed by atoms with Gasteiger partial charge in [-0.15, -0.1) is 0 Å². The third kappa shape index (κ3) is 5.66. The molecule has 74 valence electrons. The molecule has 0 rings (SSSR count). The van der Waals surface area contributed by atoms with Crippen LogP contribution in [0, 0.1) is 11.3 Å². The van der Waals surface area contributed by atoms with E-state index in [1.54, 1.807) is 19.1 Å². The van der Waals surface area contributed by atoms with Gasteiger partial charge in [0.15, 0.2) is 0 Å². The SMILES string of the molecule is C=NC=N/C(=C\C)CNC(=O)CC#N. The van der Waals surface area contributed by atoms with Gasteiger partial charge in [0.05, 0.1) is 18.3 Å². The molecule has 1 amide bonds. The van der Waals surface area contributed by atoms with Crippen LogP contribution in [0.2, 0.25) is 0 Å². The number of rotatable bonds is 5. The van der Waals surface area contributed by atoms with E-state index in [0.717, 1.165) is 0 Å². The van der Waals surface area contributed by atoms with Crippen molar-refractivity contribution in [1.82, 2.24) is 5.32 Å². The van der Waals surface area contributed by atoms with Gasteiger partial charge < -0.3 is 5.32 Å². The van der Waals surface area contributed by atoms with Gasteiger partial charge in [-0.2, -0.15) is 5.26 Å². The first-order valence-electron chi connectivity index (χ1n) is 4.01. The van der Waals surface area contributed by atoms with E-state index < -0.39 is 0 Å². The van der Waals surface area contributed by atoms with Crippen molar-refractivity contribution in [3.8, 4) is 6.07 Å². The first-order valence-corrected chi connectivity index (χ1v) is 4.01. The number of hydrogen-bond donors (Lipinski definition) is 1. The molecular formula is C9H12N4O. The molecule has 0 aromatic carbocycles. The number of nitrogens with one attached hydrogen (secondary N) is 1. The van der Waals surface area contributed by atoms with Gasteiger partial charge in [-0.25, -0.2) is 4.99 Å². The van der Waals surface area contributed by atoms with Crippen molar-refractivity contribution >= 4 is 19.0 Å². The number of nitriles is 1. The first-order chi connectivity index (χ1) is 6.74. The molecule has 0 heterocycles. The van der Waals surface area contributed by atoms with Crippen LogP contribution in [0.3, 0.4) is 0 Å². The fourth-order valence-corrected chi connectivity index (χ4v) is 0.661. The maximum atomic E-state index is 10.9. The molecule has 0 aliphatic rings. The number of aliphatic imine (C=N–C) groups is 2. The van der Waals surface area contributed by atoms with Crippen molar-refractivity contribution in [2.24, 2.45) is 9.98 Å². The minimum Gasteiger partial charge on any atom is -0.350 e. The van der Waals surface area contributed by atoms with E-state index in [2.05, 4.69) is 22.0 Å². The molecule has 0 aliphatic heterocycles. The van der Waals surface area contributed by atoms with Gasteiger partial charge in [-0.05, 0) is 13.6 Å². The molecule has 0 saturated carbocycles. The van der Waals surface area contributed by atoms with E-state index in [-0.39, 0.29) is 12.3 Å². The molecule has 5 nitrogen and oxygen atoms in total. The van der Waals surface area contributed by atoms with Crippen LogP contribution in [-0.2, 0) is 4.79 Å². The lowest BCUT2D eigenvalue weighted by molar-refractivity contribution is -0.119. The Morgan fingerprint density at radius 1 is 1.71 bits per heavy atom. The standard InChI is InChI=1S/C9H12N4O/c1-3-8(13-7-11-2)6-12-9(14)4-5-10/h3,7H,2,4,6H2,1H3,(H,12,14)/b8-3-,13-7?. The highest BCUT2D eigenvalue weighted by atomic mass is 16.1. The van der Waals surface area contributed by atoms with Crippen LogP contribution in [0.15, 0.2) is 21.8 Å². The van der Waals surface area contributed by atoms with Crippen LogP contribution in [0.1, 0.15) is 13.3 Å². The minimum atomic E-state index is -0.311. The third-order valence-electron chi connectivity index (χ3n) is 1.34. The summed E-state index contributed by atoms with van der Waals surface area (Å²) in [5.74, 6) is -0.311. The number of allylic oxidation sites excluding steroid dienone is 1. The van der Waals surface area contributed by atoms with E-state index in [1.165, 1.54) is 6.34 Å². The topological polar surface area (TPSA) is 77.6 Å². The van der Waals surface area contributed by atoms with Gasteiger partial charge in [0.25, 0.3) is 0 Å². The Hall–Kier alpha value is -1.96. The van der Waals surface area contributed by atoms with E-state index >= 15 is 0 Å². The minimum absolute atomic E-state index is 0.138. The Labute approximate surface area is 82.9 Å². The third-order valence-corrected chi connectivity index (χ3v) is 1.34. The van der Waals surface area contributed by atoms with Gasteiger partial charge in [0.2, 0.25) is 5.91 Å². The second-order valence-electron chi connectivity index (χ2n) is 2.32. The fourth-order valence-electron chi connectivity index (χ4n) is 0.661. The summed E-state index contributed by atoms with van der Waals surface area (Å²) in [5, 5.41) is 10.8. The molecule has 0 radical (unpaired) electrons. The maximum Gasteiger partial charge on any atom is 0.234 e. The zero-order valence-corrected chi connectivity index (χ0v) is 8.03. The van der Waals surface area contributed by atoms with Crippen LogP contribution in [0.5, 0.6) is 0 Å². The molecule has 0 bridgehead atoms. The zero-order chi connectivity index (χ0) is 10.8. The highest BCUT2D eigenvalue weighted by molar-refractivity contribution is 5.78. The molecule has 0 aromatic heterocycles. The van der Waals surface area contributed by atoms with Crippen LogP contribution in [-0.4, -0.2) is 25.5 Å². The number of hydrogen-bond acceptors (Lipinski definition) is 3. The summed E-state index contributed by atoms with van der Waals surface area (Å²) in [6.45, 7) is 5.33. The van der Waals surface area contributed by atoms with Crippen molar-refractivity contribution in [3.63, 3.8) is 0 Å². The normalized spacial score (nSPS) is 11.0. The van der Waals surface area contributed by atoms with E-state index in [9.17, 15) is 4.79 Å². The molecule has 0 atom stereocenters. The Morgan fingerprint density at radius 3 is 2.93 bits per heavy atom. The monoisotopic (exact) mass is 192 g/mol. The maximum absolute atomic E-state index is 10.9. The lowest BCUT2D eigenvalue weighted by Gasteiger charge is -2.01. The lowest BCUT2D eigenvalue weighted by Crippen LogP contribution is -2.24. The second kappa shape index (κ2) is 7.68. The molecule has 5 heteroatoms. The van der Waals surface area contributed by atoms with Gasteiger partial charge in [0.1, 0.15) is 12.8 Å². The van der Waals surface area contributed by atoms with Crippen molar-refractivity contribution in [2.45, 2.75) is 13.3 Å². The summed E-state index contributed by atoms with van der Waals surface area (Å²) in [4.78, 5) is 18.2. The zero-order valence-electron chi connectivity index (χ0n) is 8.03. The van der Waals surface area contributed by atoms with Crippen LogP contribution >= 0.6 is 0 Å². The molecule has 0 aliphatic carbocycles. The van der Waals surface area contributed by atoms with Crippen LogP contribution in [0.25, 0.3) is 0 Å². The predicted molar refractivity (Wildman–Crippen MR) is 55.0 cm³/mol. The Kier molecular flexibility index (Phi) is 6.60. The summed E-state index contributed by atoms with van der Waals surface area (Å²) < 4.78 is 0. The highest BCUT2D eigenvalue weighted by Crippen LogP contribution is 1.93. The van der Waals surface area contributed by atoms with E-state index in [0.29, 0.717) is 12.2 Å². The summed E-state index contributed by atoms with van der Waals surface area (Å²) in [6.07, 6.45) is 2.90. The number of nitrogens with zero attached hydrogens (tertiary/aromatic N) is 3. The van der Waals surface area contributed by atoms with Gasteiger partial charge in [-0.3, -0.25) is 9.79 Å². The van der Waals surface area contributed by atoms with Gasteiger partial charge >= 0.3 is 0 Å². The molecule has 0 fully saturated rings. The molecule has 0 unspecified atom stereocenters. The van der Waals surface area contributed by atoms with Crippen LogP contribution < -0.4 is 5.32 Å². The van der Waals surface area contributed by atoms with E-state index in [1.807, 2.05) is 0 Å². The highest BCUT2D eigenvalue weighted by Gasteiger charge is 1.99. The molecule has 0 aromatic rings. The predicted octanol–water partition coefficient (Wildman–Crippen LogP) is 0.649. The van der Waals surface area contributed by atoms with Gasteiger partial charge in [-0.1, -0.05) is 6.08 Å². The smallest absolute Gasteiger partial charge is 0.234 e. The van der Waals surface area contributed by atoms with E-state index in [4.69, 9.17) is 5.26 Å². The lowest BCUT2D eigenvalue weighted by atomic mass is 10.4. The van der Waals surface area contributed by atoms with Crippen LogP contribution in [0.4, 0.5) is 0 Å². The first kappa shape index (κ1) is 12.0. The number of amides is 1. The second-order valence-corrected chi connectivity index (χ2v) is 2.32. The Bertz CT molecular complexity index is 298. The summed E-state index contributed by atoms with van der Waals surface area (Å²) in [7, 11) is 0. The van der Waals surface area contributed by atoms with Crippen molar-refractivity contribution < 1.29 is 4.79 Å². The summed E-state index contributed by atoms with van der Waals surface area (Å²) in [5.41, 5.74) is 0.670. The number of carbonyl (C=O) groups is 1. The Morgan fingerprint density at radius 2 is 2.43 bits per heavy atom. The largest absolute Gasteiger partial charge is 0.350 e. The number of carbonyl (C=O) groups excluding carboxylic acids is 1. The molecule has 14 heavy (non-hydrogen) atoms. The molecule has 0 saturated heterocycles. The quantitative estimate of drug-likeness (QED) is 0.512. The van der Waals surface area contributed by atoms with Crippen molar-refractivity contribution in [2.75, 3.05) is 6.54 Å².